The van der Waals surface area contributed by atoms with Crippen molar-refractivity contribution >= 4 is 208 Å². The van der Waals surface area contributed by atoms with E-state index in [2.05, 4.69) is 492 Å². The number of fused-ring (bicyclic) bond motifs is 27. The molecule has 7 heteroatoms. The van der Waals surface area contributed by atoms with E-state index >= 15 is 0 Å². The lowest BCUT2D eigenvalue weighted by Gasteiger charge is -2.28. The van der Waals surface area contributed by atoms with Gasteiger partial charge in [0.2, 0.25) is 0 Å². The molecule has 0 aliphatic rings. The van der Waals surface area contributed by atoms with Crippen LogP contribution in [0.3, 0.4) is 0 Å². The number of aromatic nitrogens is 4. The summed E-state index contributed by atoms with van der Waals surface area (Å²) in [7, 11) is 0. The highest BCUT2D eigenvalue weighted by Crippen LogP contribution is 2.56. The van der Waals surface area contributed by atoms with Crippen LogP contribution in [0.5, 0.6) is 0 Å². The summed E-state index contributed by atoms with van der Waals surface area (Å²) in [6.45, 7) is 42.6. The monoisotopic (exact) mass is 1810 g/mol. The number of para-hydroxylation sites is 3. The number of benzene rings is 18. The topological polar surface area (TPSA) is 37.3 Å². The zero-order valence-electron chi connectivity index (χ0n) is 83.1. The summed E-state index contributed by atoms with van der Waals surface area (Å²) in [5, 5.41) is 22.6. The third kappa shape index (κ3) is 12.3. The molecule has 0 radical (unpaired) electrons. The normalized spacial score (nSPS) is 13.2. The summed E-state index contributed by atoms with van der Waals surface area (Å²) in [6, 6.07) is 131. The molecule has 0 aliphatic heterocycles. The number of hydrogen-bond acceptors (Lipinski definition) is 3. The molecule has 27 rings (SSSR count). The summed E-state index contributed by atoms with van der Waals surface area (Å²) < 4.78 is 18.3. The molecule has 0 atom stereocenters. The van der Waals surface area contributed by atoms with Gasteiger partial charge in [-0.15, -0.1) is 0 Å². The minimum absolute atomic E-state index is 0.00180. The number of anilines is 6. The van der Waals surface area contributed by atoms with Gasteiger partial charge in [0.1, 0.15) is 5.58 Å². The Balaban J connectivity index is 0.621. The van der Waals surface area contributed by atoms with Gasteiger partial charge in [0.25, 0.3) is 0 Å². The van der Waals surface area contributed by atoms with Crippen LogP contribution >= 0.6 is 0 Å². The molecule has 140 heavy (non-hydrogen) atoms. The van der Waals surface area contributed by atoms with E-state index in [1.165, 1.54) is 197 Å². The predicted molar refractivity (Wildman–Crippen MR) is 599 cm³/mol. The molecule has 0 saturated carbocycles. The zero-order chi connectivity index (χ0) is 95.5. The molecule has 27 aromatic rings. The van der Waals surface area contributed by atoms with E-state index in [1.54, 1.807) is 0 Å². The van der Waals surface area contributed by atoms with Gasteiger partial charge in [0, 0.05) is 131 Å². The molecule has 0 saturated heterocycles. The Hall–Kier alpha value is -15.4. The predicted octanol–water partition coefficient (Wildman–Crippen LogP) is 37.4. The van der Waals surface area contributed by atoms with E-state index in [0.29, 0.717) is 0 Å². The van der Waals surface area contributed by atoms with Crippen LogP contribution in [-0.2, 0) is 38.9 Å². The smallest absolute Gasteiger partial charge is 0.159 e. The van der Waals surface area contributed by atoms with Crippen molar-refractivity contribution in [3.63, 3.8) is 0 Å². The quantitative estimate of drug-likeness (QED) is 0.122. The highest BCUT2D eigenvalue weighted by Gasteiger charge is 2.35. The maximum Gasteiger partial charge on any atom is 0.159 e. The second-order valence-electron chi connectivity index (χ2n) is 46.4. The molecule has 0 amide bonds. The van der Waals surface area contributed by atoms with Crippen molar-refractivity contribution in [3.05, 3.63) is 384 Å². The third-order valence-corrected chi connectivity index (χ3v) is 31.8. The Kier molecular flexibility index (Phi) is 17.4. The van der Waals surface area contributed by atoms with E-state index in [-0.39, 0.29) is 32.5 Å². The van der Waals surface area contributed by atoms with Gasteiger partial charge in [-0.05, 0) is 276 Å². The molecular formula is C133H112N6O. The van der Waals surface area contributed by atoms with Crippen LogP contribution in [0.1, 0.15) is 162 Å². The minimum Gasteiger partial charge on any atom is -0.453 e. The van der Waals surface area contributed by atoms with Gasteiger partial charge in [-0.25, -0.2) is 0 Å². The standard InChI is InChI=1S/C133H112N6O/c1-76-46-47-81(78-34-23-19-24-35-78)58-115(76)135(90-51-53-93-103-62-85(130(8,9)10)66-107-101-71-118-98(74-121(101)139(123(103)107)117(93)70-90)108-67-86(131(11,12)13)63-104-96-59-82(128(2,3)4)48-54-112(96)136(118)124(104)108)114-45-33-43-94-110-57-77(56-95(126(110)140-127(94)114)80-38-27-21-28-39-80)75-133(17,18)83-49-55-113-97(60-83)105-64-87(132(14,15)16)68-109-99-73-120-100(72-119(99)137(113)125(105)109)106-65-84(129(5,6)7)61-102-92-52-50-89(69-116(92)138(120)122(102)106)134(88-40-29-22-30-41-88)111-44-32-31-42-91(111)79-36-25-20-26-37-79/h19-74H,75H2,1-18H3. The van der Waals surface area contributed by atoms with Gasteiger partial charge in [-0.3, -0.25) is 0 Å². The van der Waals surface area contributed by atoms with Gasteiger partial charge in [0.05, 0.1) is 77.6 Å². The molecule has 0 spiro atoms. The van der Waals surface area contributed by atoms with Crippen molar-refractivity contribution in [2.24, 2.45) is 0 Å². The molecule has 7 nitrogen and oxygen atoms in total. The van der Waals surface area contributed by atoms with Gasteiger partial charge >= 0.3 is 0 Å². The maximum atomic E-state index is 7.81. The fourth-order valence-electron chi connectivity index (χ4n) is 24.3. The molecule has 0 fully saturated rings. The second kappa shape index (κ2) is 29.1. The minimum atomic E-state index is -0.344. The fraction of sp³-hybridized carbons (Fsp3) is 0.188. The maximum absolute atomic E-state index is 7.81. The van der Waals surface area contributed by atoms with Crippen LogP contribution in [0.25, 0.3) is 208 Å². The molecule has 9 heterocycles. The van der Waals surface area contributed by atoms with Gasteiger partial charge in [0.15, 0.2) is 5.58 Å². The lowest BCUT2D eigenvalue weighted by atomic mass is 9.78. The third-order valence-electron chi connectivity index (χ3n) is 31.8. The largest absolute Gasteiger partial charge is 0.453 e. The average molecular weight is 1810 g/mol. The molecule has 0 bridgehead atoms. The summed E-state index contributed by atoms with van der Waals surface area (Å²) in [6.07, 6.45) is 0.768. The Bertz CT molecular complexity index is 9890. The first-order valence-electron chi connectivity index (χ1n) is 50.1. The van der Waals surface area contributed by atoms with Crippen LogP contribution in [-0.4, -0.2) is 17.6 Å². The van der Waals surface area contributed by atoms with E-state index in [0.717, 1.165) is 95.8 Å². The number of furan rings is 1. The Morgan fingerprint density at radius 2 is 0.586 bits per heavy atom. The average Bonchev–Trinajstić information content (AvgIpc) is 1.51. The lowest BCUT2D eigenvalue weighted by molar-refractivity contribution is 0.523. The highest BCUT2D eigenvalue weighted by molar-refractivity contribution is 6.32. The molecule has 0 N–H and O–H groups in total. The number of nitrogens with zero attached hydrogens (tertiary/aromatic N) is 6. The second-order valence-corrected chi connectivity index (χ2v) is 46.4. The van der Waals surface area contributed by atoms with Crippen LogP contribution in [0.2, 0.25) is 0 Å². The first-order chi connectivity index (χ1) is 67.2. The van der Waals surface area contributed by atoms with Crippen molar-refractivity contribution in [1.29, 1.82) is 0 Å². The Morgan fingerprint density at radius 3 is 1.05 bits per heavy atom. The van der Waals surface area contributed by atoms with Crippen molar-refractivity contribution < 1.29 is 4.42 Å². The number of hydrogen-bond donors (Lipinski definition) is 0. The van der Waals surface area contributed by atoms with Gasteiger partial charge in [-0.1, -0.05) is 294 Å². The van der Waals surface area contributed by atoms with Crippen molar-refractivity contribution in [2.45, 2.75) is 164 Å². The lowest BCUT2D eigenvalue weighted by Crippen LogP contribution is -2.20. The summed E-state index contributed by atoms with van der Waals surface area (Å²) in [5.41, 5.74) is 39.3. The van der Waals surface area contributed by atoms with E-state index in [9.17, 15) is 0 Å². The first-order valence-corrected chi connectivity index (χ1v) is 50.1. The Morgan fingerprint density at radius 1 is 0.214 bits per heavy atom. The molecule has 0 aliphatic carbocycles. The fourth-order valence-corrected chi connectivity index (χ4v) is 24.3. The van der Waals surface area contributed by atoms with Crippen molar-refractivity contribution in [3.8, 4) is 33.4 Å². The molecule has 18 aromatic carbocycles. The van der Waals surface area contributed by atoms with Crippen molar-refractivity contribution in [2.75, 3.05) is 9.80 Å². The van der Waals surface area contributed by atoms with Gasteiger partial charge < -0.3 is 31.8 Å². The summed E-state index contributed by atoms with van der Waals surface area (Å²) >= 11 is 0. The van der Waals surface area contributed by atoms with E-state index < -0.39 is 0 Å². The van der Waals surface area contributed by atoms with Crippen LogP contribution < -0.4 is 9.80 Å². The van der Waals surface area contributed by atoms with Crippen molar-refractivity contribution in [1.82, 2.24) is 17.6 Å². The van der Waals surface area contributed by atoms with E-state index in [4.69, 9.17) is 4.42 Å². The highest BCUT2D eigenvalue weighted by atomic mass is 16.3. The van der Waals surface area contributed by atoms with Gasteiger partial charge in [-0.2, -0.15) is 0 Å². The molecule has 0 unspecified atom stereocenters. The SMILES string of the molecule is Cc1ccc(-c2ccccc2)cc1N(c1ccc2c3cc(C(C)(C)C)cc4c5cc6c(cc5n(c2c1)c34)c1cc(C(C)(C)C)cc2c3cc(C(C)(C)C)ccc3n6c21)c1cccc2c1oc1c(-c3ccccc3)cc(CC(C)(C)c3ccc4c(c3)c3cc(C(C)(C)C)cc5c6cc7c(cc6n4c35)c3cc(C(C)(C)C)cc4c5ccc(N(c6ccccc6)c6ccccc6-c6ccccc6)cc5n7c43)cc12. The number of rotatable bonds is 12. The molecule has 9 aromatic heterocycles. The molecular weight excluding hydrogens is 1700 g/mol. The molecule has 680 valence electrons. The van der Waals surface area contributed by atoms with Crippen LogP contribution in [0.15, 0.2) is 344 Å². The van der Waals surface area contributed by atoms with E-state index in [1.807, 2.05) is 0 Å². The first kappa shape index (κ1) is 83.9. The number of aryl methyl sites for hydroxylation is 1. The zero-order valence-corrected chi connectivity index (χ0v) is 83.1. The summed E-state index contributed by atoms with van der Waals surface area (Å²) in [4.78, 5) is 4.96. The van der Waals surface area contributed by atoms with Crippen LogP contribution in [0, 0.1) is 6.92 Å². The van der Waals surface area contributed by atoms with Crippen LogP contribution in [0.4, 0.5) is 34.1 Å². The summed E-state index contributed by atoms with van der Waals surface area (Å²) in [5.74, 6) is 0. The Labute approximate surface area is 815 Å².